The minimum atomic E-state index is -0.727. The van der Waals surface area contributed by atoms with Gasteiger partial charge < -0.3 is 19.3 Å². The van der Waals surface area contributed by atoms with Crippen LogP contribution < -0.4 is 9.64 Å². The van der Waals surface area contributed by atoms with E-state index in [4.69, 9.17) is 9.72 Å². The molecule has 1 amide bonds. The minimum Gasteiger partial charge on any atom is -0.490 e. The second-order valence-electron chi connectivity index (χ2n) is 9.68. The largest absolute Gasteiger partial charge is 0.490 e. The Balaban J connectivity index is 1.38. The number of carbonyl (C=O) groups is 1. The first kappa shape index (κ1) is 24.1. The van der Waals surface area contributed by atoms with Crippen molar-refractivity contribution in [3.63, 3.8) is 0 Å². The third-order valence-electron chi connectivity index (χ3n) is 7.05. The predicted octanol–water partition coefficient (Wildman–Crippen LogP) is 5.18. The Morgan fingerprint density at radius 2 is 1.75 bits per heavy atom. The van der Waals surface area contributed by atoms with Crippen molar-refractivity contribution in [2.75, 3.05) is 18.1 Å². The van der Waals surface area contributed by atoms with Crippen molar-refractivity contribution in [3.05, 3.63) is 89.2 Å². The molecular formula is C30H33N3O3. The van der Waals surface area contributed by atoms with Crippen LogP contribution in [0.5, 0.6) is 5.75 Å². The summed E-state index contributed by atoms with van der Waals surface area (Å²) in [6.45, 7) is 7.23. The molecule has 4 aromatic rings. The number of imidazole rings is 1. The molecule has 0 radical (unpaired) electrons. The summed E-state index contributed by atoms with van der Waals surface area (Å²) in [4.78, 5) is 19.8. The standard InChI is InChI=1S/C30H33N3O3/c1-4-22-12-14-24(15-13-22)32-17-23(16-28(32)35)30-31-26-10-5-6-11-27(26)33(30)18-25(34)19-36-29-20(2)8-7-9-21(29)3/h5-15,23,25,34H,4,16-19H2,1-3H3/t23-,25+/m0/s1. The first-order valence-electron chi connectivity index (χ1n) is 12.7. The van der Waals surface area contributed by atoms with E-state index in [1.165, 1.54) is 5.56 Å². The Kier molecular flexibility index (Phi) is 6.79. The number of ether oxygens (including phenoxy) is 1. The molecule has 3 aromatic carbocycles. The number of hydrogen-bond acceptors (Lipinski definition) is 4. The number of anilines is 1. The number of rotatable bonds is 8. The molecule has 2 heterocycles. The minimum absolute atomic E-state index is 0.0533. The highest BCUT2D eigenvalue weighted by Crippen LogP contribution is 2.33. The van der Waals surface area contributed by atoms with Gasteiger partial charge in [0.15, 0.2) is 0 Å². The lowest BCUT2D eigenvalue weighted by atomic mass is 10.1. The highest BCUT2D eigenvalue weighted by molar-refractivity contribution is 5.96. The number of aromatic nitrogens is 2. The molecule has 0 saturated carbocycles. The van der Waals surface area contributed by atoms with E-state index >= 15 is 0 Å². The zero-order chi connectivity index (χ0) is 25.2. The molecule has 1 fully saturated rings. The second kappa shape index (κ2) is 10.2. The predicted molar refractivity (Wildman–Crippen MR) is 143 cm³/mol. The van der Waals surface area contributed by atoms with Gasteiger partial charge in [0.25, 0.3) is 0 Å². The molecule has 6 nitrogen and oxygen atoms in total. The molecule has 2 atom stereocenters. The van der Waals surface area contributed by atoms with E-state index in [2.05, 4.69) is 23.6 Å². The summed E-state index contributed by atoms with van der Waals surface area (Å²) < 4.78 is 8.09. The molecule has 1 aromatic heterocycles. The van der Waals surface area contributed by atoms with Gasteiger partial charge >= 0.3 is 0 Å². The van der Waals surface area contributed by atoms with Crippen LogP contribution in [0.2, 0.25) is 0 Å². The maximum Gasteiger partial charge on any atom is 0.227 e. The summed E-state index contributed by atoms with van der Waals surface area (Å²) in [7, 11) is 0. The molecule has 1 aliphatic rings. The van der Waals surface area contributed by atoms with Crippen molar-refractivity contribution in [1.29, 1.82) is 0 Å². The van der Waals surface area contributed by atoms with Gasteiger partial charge in [-0.1, -0.05) is 49.4 Å². The van der Waals surface area contributed by atoms with Crippen LogP contribution in [0.1, 0.15) is 41.8 Å². The van der Waals surface area contributed by atoms with Crippen molar-refractivity contribution in [3.8, 4) is 5.75 Å². The van der Waals surface area contributed by atoms with Crippen LogP contribution >= 0.6 is 0 Å². The molecule has 0 bridgehead atoms. The molecule has 6 heteroatoms. The highest BCUT2D eigenvalue weighted by atomic mass is 16.5. The van der Waals surface area contributed by atoms with Crippen LogP contribution in [0.15, 0.2) is 66.7 Å². The number of nitrogens with zero attached hydrogens (tertiary/aromatic N) is 3. The number of benzene rings is 3. The van der Waals surface area contributed by atoms with Crippen LogP contribution in [-0.4, -0.2) is 39.8 Å². The lowest BCUT2D eigenvalue weighted by Crippen LogP contribution is -2.26. The van der Waals surface area contributed by atoms with Gasteiger partial charge in [0.05, 0.1) is 17.6 Å². The summed E-state index contributed by atoms with van der Waals surface area (Å²) in [6.07, 6.45) is 0.639. The van der Waals surface area contributed by atoms with Gasteiger partial charge in [-0.2, -0.15) is 0 Å². The van der Waals surface area contributed by atoms with E-state index in [0.717, 1.165) is 45.8 Å². The number of aliphatic hydroxyl groups excluding tert-OH is 1. The van der Waals surface area contributed by atoms with E-state index in [1.54, 1.807) is 0 Å². The Labute approximate surface area is 212 Å². The molecular weight excluding hydrogens is 450 g/mol. The summed E-state index contributed by atoms with van der Waals surface area (Å²) >= 11 is 0. The molecule has 0 unspecified atom stereocenters. The third-order valence-corrected chi connectivity index (χ3v) is 7.05. The number of aliphatic hydroxyl groups is 1. The first-order valence-corrected chi connectivity index (χ1v) is 12.7. The molecule has 0 aliphatic carbocycles. The molecule has 1 N–H and O–H groups in total. The van der Waals surface area contributed by atoms with E-state index in [0.29, 0.717) is 19.5 Å². The number of amides is 1. The summed E-state index contributed by atoms with van der Waals surface area (Å²) in [6, 6.07) is 22.2. The average Bonchev–Trinajstić information content (AvgIpc) is 3.44. The van der Waals surface area contributed by atoms with Crippen molar-refractivity contribution in [2.24, 2.45) is 0 Å². The summed E-state index contributed by atoms with van der Waals surface area (Å²) in [5.41, 5.74) is 6.09. The van der Waals surface area contributed by atoms with Crippen LogP contribution in [0.25, 0.3) is 11.0 Å². The molecule has 1 saturated heterocycles. The van der Waals surface area contributed by atoms with Crippen LogP contribution in [0.3, 0.4) is 0 Å². The smallest absolute Gasteiger partial charge is 0.227 e. The number of hydrogen-bond donors (Lipinski definition) is 1. The Bertz CT molecular complexity index is 1360. The van der Waals surface area contributed by atoms with Crippen LogP contribution in [0, 0.1) is 13.8 Å². The number of fused-ring (bicyclic) bond motifs is 1. The zero-order valence-corrected chi connectivity index (χ0v) is 21.1. The van der Waals surface area contributed by atoms with Gasteiger partial charge in [0, 0.05) is 24.6 Å². The zero-order valence-electron chi connectivity index (χ0n) is 21.1. The van der Waals surface area contributed by atoms with E-state index in [1.807, 2.05) is 73.3 Å². The molecule has 0 spiro atoms. The van der Waals surface area contributed by atoms with Crippen LogP contribution in [-0.2, 0) is 17.8 Å². The van der Waals surface area contributed by atoms with Crippen molar-refractivity contribution >= 4 is 22.6 Å². The lowest BCUT2D eigenvalue weighted by Gasteiger charge is -2.20. The van der Waals surface area contributed by atoms with E-state index in [-0.39, 0.29) is 18.4 Å². The highest BCUT2D eigenvalue weighted by Gasteiger charge is 2.35. The third kappa shape index (κ3) is 4.73. The fourth-order valence-corrected chi connectivity index (χ4v) is 5.11. The van der Waals surface area contributed by atoms with Gasteiger partial charge in [0.2, 0.25) is 5.91 Å². The Hall–Kier alpha value is -3.64. The van der Waals surface area contributed by atoms with Gasteiger partial charge in [-0.05, 0) is 61.2 Å². The number of carbonyl (C=O) groups excluding carboxylic acids is 1. The van der Waals surface area contributed by atoms with Gasteiger partial charge in [-0.3, -0.25) is 4.79 Å². The molecule has 186 valence electrons. The van der Waals surface area contributed by atoms with Crippen molar-refractivity contribution < 1.29 is 14.6 Å². The van der Waals surface area contributed by atoms with Gasteiger partial charge in [-0.25, -0.2) is 4.98 Å². The molecule has 36 heavy (non-hydrogen) atoms. The molecule has 5 rings (SSSR count). The average molecular weight is 484 g/mol. The van der Waals surface area contributed by atoms with Gasteiger partial charge in [-0.15, -0.1) is 0 Å². The Morgan fingerprint density at radius 1 is 1.03 bits per heavy atom. The maximum atomic E-state index is 13.0. The van der Waals surface area contributed by atoms with Crippen LogP contribution in [0.4, 0.5) is 5.69 Å². The van der Waals surface area contributed by atoms with Crippen molar-refractivity contribution in [1.82, 2.24) is 9.55 Å². The SMILES string of the molecule is CCc1ccc(N2C[C@@H](c3nc4ccccc4n3C[C@@H](O)COc3c(C)cccc3C)CC2=O)cc1. The normalized spacial score (nSPS) is 16.6. The van der Waals surface area contributed by atoms with Gasteiger partial charge in [0.1, 0.15) is 24.3 Å². The number of para-hydroxylation sites is 3. The molecule has 1 aliphatic heterocycles. The van der Waals surface area contributed by atoms with E-state index < -0.39 is 6.10 Å². The summed E-state index contributed by atoms with van der Waals surface area (Å²) in [5.74, 6) is 1.70. The quantitative estimate of drug-likeness (QED) is 0.375. The van der Waals surface area contributed by atoms with E-state index in [9.17, 15) is 9.90 Å². The Morgan fingerprint density at radius 3 is 2.47 bits per heavy atom. The lowest BCUT2D eigenvalue weighted by molar-refractivity contribution is -0.117. The topological polar surface area (TPSA) is 67.6 Å². The maximum absolute atomic E-state index is 13.0. The monoisotopic (exact) mass is 483 g/mol. The second-order valence-corrected chi connectivity index (χ2v) is 9.68. The fourth-order valence-electron chi connectivity index (χ4n) is 5.11. The van der Waals surface area contributed by atoms with Crippen molar-refractivity contribution in [2.45, 2.75) is 52.2 Å². The fraction of sp³-hybridized carbons (Fsp3) is 0.333. The number of aryl methyl sites for hydroxylation is 3. The summed E-state index contributed by atoms with van der Waals surface area (Å²) in [5, 5.41) is 11.0. The first-order chi connectivity index (χ1) is 17.4.